The van der Waals surface area contributed by atoms with Crippen molar-refractivity contribution < 1.29 is 0 Å². The van der Waals surface area contributed by atoms with Crippen LogP contribution in [0.3, 0.4) is 0 Å². The highest BCUT2D eigenvalue weighted by atomic mass is 35.5. The molecule has 1 aromatic heterocycles. The zero-order valence-electron chi connectivity index (χ0n) is 11.3. The van der Waals surface area contributed by atoms with Crippen LogP contribution >= 0.6 is 46.3 Å². The Morgan fingerprint density at radius 2 is 1.77 bits per heavy atom. The second kappa shape index (κ2) is 5.78. The molecule has 0 spiro atoms. The third kappa shape index (κ3) is 2.72. The third-order valence-electron chi connectivity index (χ3n) is 3.35. The van der Waals surface area contributed by atoms with Gasteiger partial charge in [0.15, 0.2) is 5.13 Å². The van der Waals surface area contributed by atoms with Crippen LogP contribution in [0, 0.1) is 0 Å². The summed E-state index contributed by atoms with van der Waals surface area (Å²) in [5.41, 5.74) is 3.14. The number of hydrogen-bond acceptors (Lipinski definition) is 4. The summed E-state index contributed by atoms with van der Waals surface area (Å²) < 4.78 is 0. The van der Waals surface area contributed by atoms with Gasteiger partial charge in [-0.1, -0.05) is 23.2 Å². The van der Waals surface area contributed by atoms with E-state index in [-0.39, 0.29) is 0 Å². The smallest absolute Gasteiger partial charge is 0.188 e. The van der Waals surface area contributed by atoms with Gasteiger partial charge >= 0.3 is 0 Å². The van der Waals surface area contributed by atoms with E-state index in [2.05, 4.69) is 11.4 Å². The maximum Gasteiger partial charge on any atom is 0.188 e. The number of fused-ring (bicyclic) bond motifs is 3. The molecule has 0 aliphatic carbocycles. The van der Waals surface area contributed by atoms with E-state index in [0.717, 1.165) is 37.9 Å². The first-order valence-electron chi connectivity index (χ1n) is 6.64. The lowest BCUT2D eigenvalue weighted by molar-refractivity contribution is 1.28. The first-order valence-corrected chi connectivity index (χ1v) is 9.20. The molecule has 2 aromatic carbocycles. The molecule has 0 radical (unpaired) electrons. The lowest BCUT2D eigenvalue weighted by Gasteiger charge is -2.14. The Bertz CT molecular complexity index is 844. The molecule has 0 bridgehead atoms. The van der Waals surface area contributed by atoms with E-state index in [1.165, 1.54) is 9.77 Å². The number of anilines is 2. The number of nitrogens with one attached hydrogen (secondary N) is 1. The molecule has 1 N–H and O–H groups in total. The summed E-state index contributed by atoms with van der Waals surface area (Å²) in [5, 5.41) is 5.70. The summed E-state index contributed by atoms with van der Waals surface area (Å²) in [6.45, 7) is 0. The molecule has 0 fully saturated rings. The SMILES string of the molecule is Clc1ccc(Nc2nc3c(s2)CSc2ccc(Cl)cc2-3)cc1. The summed E-state index contributed by atoms with van der Waals surface area (Å²) in [5.74, 6) is 0.948. The highest BCUT2D eigenvalue weighted by molar-refractivity contribution is 7.98. The molecule has 0 saturated carbocycles. The van der Waals surface area contributed by atoms with Gasteiger partial charge in [-0.3, -0.25) is 0 Å². The van der Waals surface area contributed by atoms with Gasteiger partial charge < -0.3 is 5.32 Å². The van der Waals surface area contributed by atoms with Crippen molar-refractivity contribution in [2.45, 2.75) is 10.6 Å². The van der Waals surface area contributed by atoms with Crippen LogP contribution in [0.4, 0.5) is 10.8 Å². The molecule has 3 aromatic rings. The van der Waals surface area contributed by atoms with Crippen molar-refractivity contribution in [3.63, 3.8) is 0 Å². The van der Waals surface area contributed by atoms with E-state index in [1.54, 1.807) is 11.3 Å². The number of benzene rings is 2. The van der Waals surface area contributed by atoms with Crippen molar-refractivity contribution in [2.24, 2.45) is 0 Å². The second-order valence-electron chi connectivity index (χ2n) is 4.85. The highest BCUT2D eigenvalue weighted by Crippen LogP contribution is 2.45. The number of rotatable bonds is 2. The molecule has 22 heavy (non-hydrogen) atoms. The minimum atomic E-state index is 0.726. The van der Waals surface area contributed by atoms with Gasteiger partial charge in [-0.2, -0.15) is 0 Å². The summed E-state index contributed by atoms with van der Waals surface area (Å²) in [4.78, 5) is 7.26. The summed E-state index contributed by atoms with van der Waals surface area (Å²) >= 11 is 15.6. The Morgan fingerprint density at radius 3 is 2.59 bits per heavy atom. The summed E-state index contributed by atoms with van der Waals surface area (Å²) in [6, 6.07) is 13.6. The van der Waals surface area contributed by atoms with Gasteiger partial charge in [0.25, 0.3) is 0 Å². The van der Waals surface area contributed by atoms with Crippen molar-refractivity contribution in [3.8, 4) is 11.3 Å². The number of thioether (sulfide) groups is 1. The Kier molecular flexibility index (Phi) is 3.78. The van der Waals surface area contributed by atoms with E-state index < -0.39 is 0 Å². The van der Waals surface area contributed by atoms with E-state index in [0.29, 0.717) is 0 Å². The Morgan fingerprint density at radius 1 is 1.00 bits per heavy atom. The van der Waals surface area contributed by atoms with Crippen LogP contribution in [0.25, 0.3) is 11.3 Å². The fraction of sp³-hybridized carbons (Fsp3) is 0.0625. The minimum absolute atomic E-state index is 0.726. The molecule has 0 unspecified atom stereocenters. The quantitative estimate of drug-likeness (QED) is 0.564. The van der Waals surface area contributed by atoms with Crippen molar-refractivity contribution in [2.75, 3.05) is 5.32 Å². The molecule has 0 saturated heterocycles. The van der Waals surface area contributed by atoms with Crippen LogP contribution in [-0.4, -0.2) is 4.98 Å². The Balaban J connectivity index is 1.70. The van der Waals surface area contributed by atoms with Gasteiger partial charge in [-0.05, 0) is 42.5 Å². The molecule has 110 valence electrons. The largest absolute Gasteiger partial charge is 0.332 e. The van der Waals surface area contributed by atoms with Gasteiger partial charge in [0.05, 0.1) is 5.69 Å². The van der Waals surface area contributed by atoms with Crippen LogP contribution in [0.5, 0.6) is 0 Å². The molecule has 2 nitrogen and oxygen atoms in total. The first kappa shape index (κ1) is 14.4. The predicted octanol–water partition coefficient (Wildman–Crippen LogP) is 6.47. The molecule has 2 heterocycles. The number of halogens is 2. The fourth-order valence-electron chi connectivity index (χ4n) is 2.33. The molecular weight excluding hydrogens is 355 g/mol. The minimum Gasteiger partial charge on any atom is -0.332 e. The number of hydrogen-bond donors (Lipinski definition) is 1. The summed E-state index contributed by atoms with van der Waals surface area (Å²) in [6.07, 6.45) is 0. The van der Waals surface area contributed by atoms with Crippen LogP contribution < -0.4 is 5.32 Å². The zero-order valence-corrected chi connectivity index (χ0v) is 14.4. The Labute approximate surface area is 146 Å². The van der Waals surface area contributed by atoms with Crippen LogP contribution in [0.2, 0.25) is 10.0 Å². The van der Waals surface area contributed by atoms with Crippen LogP contribution in [-0.2, 0) is 5.75 Å². The van der Waals surface area contributed by atoms with Crippen molar-refractivity contribution in [1.29, 1.82) is 0 Å². The average Bonchev–Trinajstić information content (AvgIpc) is 2.92. The fourth-order valence-corrected chi connectivity index (χ4v) is 4.73. The third-order valence-corrected chi connectivity index (χ3v) is 6.09. The van der Waals surface area contributed by atoms with Crippen molar-refractivity contribution in [1.82, 2.24) is 4.98 Å². The molecule has 6 heteroatoms. The molecule has 4 rings (SSSR count). The highest BCUT2D eigenvalue weighted by Gasteiger charge is 2.21. The topological polar surface area (TPSA) is 24.9 Å². The number of aromatic nitrogens is 1. The molecular formula is C16H10Cl2N2S2. The predicted molar refractivity (Wildman–Crippen MR) is 96.9 cm³/mol. The maximum atomic E-state index is 6.13. The standard InChI is InChI=1S/C16H10Cl2N2S2/c17-9-1-4-11(5-2-9)19-16-20-15-12-7-10(18)3-6-13(12)21-8-14(15)22-16/h1-7H,8H2,(H,19,20). The van der Waals surface area contributed by atoms with E-state index in [1.807, 2.05) is 48.2 Å². The van der Waals surface area contributed by atoms with Crippen molar-refractivity contribution >= 4 is 57.1 Å². The van der Waals surface area contributed by atoms with Gasteiger partial charge in [0.1, 0.15) is 0 Å². The first-order chi connectivity index (χ1) is 10.7. The van der Waals surface area contributed by atoms with Gasteiger partial charge in [0.2, 0.25) is 0 Å². The van der Waals surface area contributed by atoms with Gasteiger partial charge in [-0.25, -0.2) is 4.98 Å². The maximum absolute atomic E-state index is 6.13. The molecule has 1 aliphatic rings. The second-order valence-corrected chi connectivity index (χ2v) is 7.83. The normalized spacial score (nSPS) is 12.6. The molecule has 0 atom stereocenters. The average molecular weight is 365 g/mol. The number of thiazole rings is 1. The Hall–Kier alpha value is -1.20. The van der Waals surface area contributed by atoms with E-state index in [4.69, 9.17) is 28.2 Å². The van der Waals surface area contributed by atoms with Crippen LogP contribution in [0.1, 0.15) is 4.88 Å². The number of nitrogens with zero attached hydrogens (tertiary/aromatic N) is 1. The lowest BCUT2D eigenvalue weighted by atomic mass is 10.1. The van der Waals surface area contributed by atoms with Crippen LogP contribution in [0.15, 0.2) is 47.4 Å². The van der Waals surface area contributed by atoms with Gasteiger partial charge in [0, 0.05) is 36.8 Å². The van der Waals surface area contributed by atoms with E-state index >= 15 is 0 Å². The van der Waals surface area contributed by atoms with Crippen molar-refractivity contribution in [3.05, 3.63) is 57.4 Å². The van der Waals surface area contributed by atoms with E-state index in [9.17, 15) is 0 Å². The lowest BCUT2D eigenvalue weighted by Crippen LogP contribution is -1.93. The zero-order chi connectivity index (χ0) is 15.1. The summed E-state index contributed by atoms with van der Waals surface area (Å²) in [7, 11) is 0. The van der Waals surface area contributed by atoms with Gasteiger partial charge in [-0.15, -0.1) is 23.1 Å². The molecule has 0 amide bonds. The molecule has 1 aliphatic heterocycles. The monoisotopic (exact) mass is 364 g/mol.